The molecule has 1 aliphatic carbocycles. The second-order valence-corrected chi connectivity index (χ2v) is 5.77. The predicted octanol–water partition coefficient (Wildman–Crippen LogP) is 3.59. The van der Waals surface area contributed by atoms with Crippen LogP contribution in [0.2, 0.25) is 0 Å². The molecule has 0 aromatic carbocycles. The van der Waals surface area contributed by atoms with Crippen molar-refractivity contribution in [2.75, 3.05) is 0 Å². The van der Waals surface area contributed by atoms with Crippen LogP contribution in [0.25, 0.3) is 0 Å². The van der Waals surface area contributed by atoms with Gasteiger partial charge in [0.2, 0.25) is 0 Å². The number of nitrogens with one attached hydrogen (secondary N) is 1. The summed E-state index contributed by atoms with van der Waals surface area (Å²) in [6.07, 6.45) is 13.2. The number of unbranched alkanes of at least 4 members (excludes halogenated alkanes) is 3. The van der Waals surface area contributed by atoms with E-state index in [1.165, 1.54) is 51.4 Å². The van der Waals surface area contributed by atoms with E-state index in [0.29, 0.717) is 12.2 Å². The lowest BCUT2D eigenvalue weighted by Gasteiger charge is -2.21. The molecule has 1 fully saturated rings. The number of tetrazole rings is 1. The fourth-order valence-corrected chi connectivity index (χ4v) is 3.03. The van der Waals surface area contributed by atoms with Crippen molar-refractivity contribution in [3.05, 3.63) is 5.82 Å². The Kier molecular flexibility index (Phi) is 6.27. The maximum absolute atomic E-state index is 11.7. The molecule has 0 spiro atoms. The number of nitrogens with zero attached hydrogens (tertiary/aromatic N) is 3. The highest BCUT2D eigenvalue weighted by molar-refractivity contribution is 4.82. The highest BCUT2D eigenvalue weighted by Gasteiger charge is 2.14. The Morgan fingerprint density at radius 1 is 1.11 bits per heavy atom. The van der Waals surface area contributed by atoms with Gasteiger partial charge in [-0.05, 0) is 22.8 Å². The third kappa shape index (κ3) is 5.27. The number of H-pyrrole nitrogens is 1. The Labute approximate surface area is 115 Å². The fourth-order valence-electron chi connectivity index (χ4n) is 3.03. The first-order valence-corrected chi connectivity index (χ1v) is 7.75. The largest absolute Gasteiger partial charge is 0.240 e. The van der Waals surface area contributed by atoms with Crippen LogP contribution in [0.4, 0.5) is 0 Å². The van der Waals surface area contributed by atoms with Gasteiger partial charge in [-0.1, -0.05) is 64.2 Å². The highest BCUT2D eigenvalue weighted by atomic mass is 16.3. The Morgan fingerprint density at radius 3 is 2.63 bits per heavy atom. The third-order valence-electron chi connectivity index (χ3n) is 4.22. The predicted molar refractivity (Wildman–Crippen MR) is 71.9 cm³/mol. The van der Waals surface area contributed by atoms with Crippen molar-refractivity contribution in [2.45, 2.75) is 76.7 Å². The zero-order valence-corrected chi connectivity index (χ0v) is 11.7. The highest BCUT2D eigenvalue weighted by Crippen LogP contribution is 2.28. The van der Waals surface area contributed by atoms with Crippen LogP contribution in [0.1, 0.15) is 82.6 Å². The van der Waals surface area contributed by atoms with Gasteiger partial charge in [-0.25, -0.2) is 10.2 Å². The molecule has 1 saturated carbocycles. The summed E-state index contributed by atoms with van der Waals surface area (Å²) >= 11 is 0. The molecule has 1 atom stereocenters. The van der Waals surface area contributed by atoms with E-state index in [1.54, 1.807) is 0 Å². The van der Waals surface area contributed by atoms with Crippen molar-refractivity contribution in [3.8, 4) is 0 Å². The van der Waals surface area contributed by atoms with Gasteiger partial charge in [0.1, 0.15) is 0 Å². The van der Waals surface area contributed by atoms with Gasteiger partial charge in [0.25, 0.3) is 0 Å². The molecule has 1 aromatic rings. The average molecular weight is 265 g/mol. The van der Waals surface area contributed by atoms with Gasteiger partial charge >= 0.3 is 0 Å². The molecular weight excluding hydrogens is 240 g/mol. The van der Waals surface area contributed by atoms with Crippen molar-refractivity contribution in [3.63, 3.8) is 0 Å². The summed E-state index contributed by atoms with van der Waals surface area (Å²) in [4.78, 5) is 0. The van der Waals surface area contributed by atoms with Crippen LogP contribution in [-0.4, -0.2) is 20.6 Å². The van der Waals surface area contributed by atoms with E-state index >= 15 is 0 Å². The SMILES string of the molecule is [O]C(CCCCCCC1CCCCC1)c1nnn[nH]1. The molecule has 1 unspecified atom stereocenters. The summed E-state index contributed by atoms with van der Waals surface area (Å²) in [6, 6.07) is 0. The van der Waals surface area contributed by atoms with E-state index in [4.69, 9.17) is 0 Å². The van der Waals surface area contributed by atoms with Gasteiger partial charge in [-0.2, -0.15) is 0 Å². The lowest BCUT2D eigenvalue weighted by Crippen LogP contribution is -2.05. The van der Waals surface area contributed by atoms with E-state index in [1.807, 2.05) is 0 Å². The molecule has 107 valence electrons. The van der Waals surface area contributed by atoms with Crippen LogP contribution in [0, 0.1) is 5.92 Å². The molecule has 0 saturated heterocycles. The van der Waals surface area contributed by atoms with E-state index < -0.39 is 6.10 Å². The van der Waals surface area contributed by atoms with Gasteiger partial charge < -0.3 is 0 Å². The zero-order valence-electron chi connectivity index (χ0n) is 11.7. The molecule has 2 rings (SSSR count). The monoisotopic (exact) mass is 265 g/mol. The summed E-state index contributed by atoms with van der Waals surface area (Å²) in [6.45, 7) is 0. The fraction of sp³-hybridized carbons (Fsp3) is 0.929. The first-order chi connectivity index (χ1) is 9.36. The van der Waals surface area contributed by atoms with Gasteiger partial charge in [0.15, 0.2) is 11.9 Å². The van der Waals surface area contributed by atoms with Crippen molar-refractivity contribution < 1.29 is 5.11 Å². The summed E-state index contributed by atoms with van der Waals surface area (Å²) in [5.41, 5.74) is 0. The normalized spacial score (nSPS) is 18.6. The quantitative estimate of drug-likeness (QED) is 0.730. The van der Waals surface area contributed by atoms with Crippen LogP contribution >= 0.6 is 0 Å². The van der Waals surface area contributed by atoms with E-state index in [-0.39, 0.29) is 0 Å². The smallest absolute Gasteiger partial charge is 0.181 e. The lowest BCUT2D eigenvalue weighted by atomic mass is 9.85. The Morgan fingerprint density at radius 2 is 1.89 bits per heavy atom. The third-order valence-corrected chi connectivity index (χ3v) is 4.22. The van der Waals surface area contributed by atoms with E-state index in [9.17, 15) is 5.11 Å². The van der Waals surface area contributed by atoms with Crippen LogP contribution in [0.3, 0.4) is 0 Å². The molecule has 5 nitrogen and oxygen atoms in total. The second kappa shape index (κ2) is 8.25. The molecular formula is C14H25N4O. The van der Waals surface area contributed by atoms with Gasteiger partial charge in [0, 0.05) is 0 Å². The second-order valence-electron chi connectivity index (χ2n) is 5.77. The minimum Gasteiger partial charge on any atom is -0.240 e. The summed E-state index contributed by atoms with van der Waals surface area (Å²) in [7, 11) is 0. The van der Waals surface area contributed by atoms with Crippen LogP contribution in [0.5, 0.6) is 0 Å². The molecule has 5 heteroatoms. The Bertz CT molecular complexity index is 322. The van der Waals surface area contributed by atoms with Crippen LogP contribution in [-0.2, 0) is 5.11 Å². The summed E-state index contributed by atoms with van der Waals surface area (Å²) < 4.78 is 0. The number of hydrogen-bond acceptors (Lipinski definition) is 3. The van der Waals surface area contributed by atoms with Crippen LogP contribution < -0.4 is 0 Å². The maximum atomic E-state index is 11.7. The molecule has 1 heterocycles. The topological polar surface area (TPSA) is 74.4 Å². The molecule has 0 aliphatic heterocycles. The van der Waals surface area contributed by atoms with Gasteiger partial charge in [-0.3, -0.25) is 0 Å². The van der Waals surface area contributed by atoms with E-state index in [0.717, 1.165) is 18.8 Å². The minimum absolute atomic E-state index is 0.377. The molecule has 0 bridgehead atoms. The Balaban J connectivity index is 1.46. The first-order valence-electron chi connectivity index (χ1n) is 7.75. The van der Waals surface area contributed by atoms with Gasteiger partial charge in [0.05, 0.1) is 0 Å². The summed E-state index contributed by atoms with van der Waals surface area (Å²) in [5, 5.41) is 24.8. The maximum Gasteiger partial charge on any atom is 0.181 e. The molecule has 1 N–H and O–H groups in total. The number of aromatic nitrogens is 4. The Hall–Kier alpha value is -0.970. The number of rotatable bonds is 8. The molecule has 0 amide bonds. The van der Waals surface area contributed by atoms with Crippen molar-refractivity contribution in [1.82, 2.24) is 20.6 Å². The standard InChI is InChI=1S/C14H25N4O/c19-13(14-15-17-18-16-14)11-7-2-1-4-8-12-9-5-3-6-10-12/h12-13H,1-11H2,(H,15,16,17,18). The lowest BCUT2D eigenvalue weighted by molar-refractivity contribution is 0.0709. The number of aromatic amines is 1. The first kappa shape index (κ1) is 14.4. The molecule has 1 radical (unpaired) electrons. The summed E-state index contributed by atoms with van der Waals surface area (Å²) in [5.74, 6) is 1.36. The molecule has 19 heavy (non-hydrogen) atoms. The average Bonchev–Trinajstić information content (AvgIpc) is 2.98. The van der Waals surface area contributed by atoms with Gasteiger partial charge in [-0.15, -0.1) is 5.10 Å². The van der Waals surface area contributed by atoms with Crippen molar-refractivity contribution in [2.24, 2.45) is 5.92 Å². The minimum atomic E-state index is -0.784. The molecule has 1 aliphatic rings. The van der Waals surface area contributed by atoms with Crippen molar-refractivity contribution in [1.29, 1.82) is 0 Å². The number of hydrogen-bond donors (Lipinski definition) is 1. The van der Waals surface area contributed by atoms with Crippen LogP contribution in [0.15, 0.2) is 0 Å². The zero-order chi connectivity index (χ0) is 13.3. The van der Waals surface area contributed by atoms with E-state index in [2.05, 4.69) is 20.6 Å². The van der Waals surface area contributed by atoms with Crippen molar-refractivity contribution >= 4 is 0 Å². The molecule has 1 aromatic heterocycles.